The van der Waals surface area contributed by atoms with E-state index in [9.17, 15) is 14.0 Å². The minimum atomic E-state index is -0.799. The van der Waals surface area contributed by atoms with Crippen LogP contribution in [-0.2, 0) is 11.3 Å². The number of anilines is 1. The van der Waals surface area contributed by atoms with E-state index < -0.39 is 12.0 Å². The Morgan fingerprint density at radius 3 is 2.07 bits per heavy atom. The average molecular weight is 571 g/mol. The average Bonchev–Trinajstić information content (AvgIpc) is 3.02. The highest BCUT2D eigenvalue weighted by Gasteiger charge is 2.44. The van der Waals surface area contributed by atoms with Gasteiger partial charge < -0.3 is 29.2 Å². The number of halogens is 1. The molecule has 1 heterocycles. The van der Waals surface area contributed by atoms with Gasteiger partial charge in [0.15, 0.2) is 11.5 Å². The van der Waals surface area contributed by atoms with Crippen LogP contribution in [0, 0.1) is 5.82 Å². The predicted molar refractivity (Wildman–Crippen MR) is 156 cm³/mol. The minimum Gasteiger partial charge on any atom is -0.497 e. The van der Waals surface area contributed by atoms with Crippen molar-refractivity contribution in [2.45, 2.75) is 18.5 Å². The molecule has 216 valence electrons. The number of nitrogens with zero attached hydrogens (tertiary/aromatic N) is 1. The molecule has 1 aliphatic heterocycles. The normalized spacial score (nSPS) is 15.9. The fourth-order valence-corrected chi connectivity index (χ4v) is 5.38. The number of benzene rings is 4. The Morgan fingerprint density at radius 2 is 1.48 bits per heavy atom. The number of ether oxygens (including phenoxy) is 4. The molecular formula is C33H31FN2O6. The van der Waals surface area contributed by atoms with Gasteiger partial charge in [0.25, 0.3) is 5.91 Å². The molecule has 0 bridgehead atoms. The van der Waals surface area contributed by atoms with Crippen molar-refractivity contribution in [1.82, 2.24) is 4.90 Å². The zero-order chi connectivity index (χ0) is 29.8. The Bertz CT molecular complexity index is 1560. The lowest BCUT2D eigenvalue weighted by Crippen LogP contribution is -2.45. The van der Waals surface area contributed by atoms with E-state index in [2.05, 4.69) is 5.32 Å². The maximum atomic E-state index is 14.3. The largest absolute Gasteiger partial charge is 0.497 e. The number of fused-ring (bicyclic) bond motifs is 1. The van der Waals surface area contributed by atoms with E-state index in [0.717, 1.165) is 11.1 Å². The standard InChI is InChI=1S/C33H31FN2O6/c1-39-24-15-11-21(12-16-24)30-29(32(37)35-23-17-27(40-2)31(42-4)28(18-23)41-3)25-7-5-6-8-26(25)33(38)36(30)19-20-9-13-22(34)14-10-20/h5-18,29-30H,19H2,1-4H3,(H,35,37)/t29-,30+/m0/s1. The van der Waals surface area contributed by atoms with Crippen LogP contribution in [0.15, 0.2) is 84.9 Å². The highest BCUT2D eigenvalue weighted by atomic mass is 19.1. The second-order valence-electron chi connectivity index (χ2n) is 9.75. The molecule has 0 unspecified atom stereocenters. The van der Waals surface area contributed by atoms with Crippen LogP contribution >= 0.6 is 0 Å². The van der Waals surface area contributed by atoms with E-state index in [-0.39, 0.29) is 24.2 Å². The third-order valence-electron chi connectivity index (χ3n) is 7.38. The molecule has 0 aliphatic carbocycles. The van der Waals surface area contributed by atoms with Gasteiger partial charge in [-0.15, -0.1) is 0 Å². The summed E-state index contributed by atoms with van der Waals surface area (Å²) in [6.45, 7) is 0.165. The molecule has 0 aromatic heterocycles. The van der Waals surface area contributed by atoms with E-state index >= 15 is 0 Å². The third-order valence-corrected chi connectivity index (χ3v) is 7.38. The van der Waals surface area contributed by atoms with Crippen molar-refractivity contribution in [2.75, 3.05) is 33.8 Å². The van der Waals surface area contributed by atoms with Gasteiger partial charge in [0.1, 0.15) is 11.6 Å². The second-order valence-corrected chi connectivity index (χ2v) is 9.75. The molecule has 1 aliphatic rings. The summed E-state index contributed by atoms with van der Waals surface area (Å²) in [7, 11) is 6.07. The quantitative estimate of drug-likeness (QED) is 0.267. The van der Waals surface area contributed by atoms with Crippen molar-refractivity contribution in [3.8, 4) is 23.0 Å². The number of amides is 2. The van der Waals surface area contributed by atoms with Crippen molar-refractivity contribution in [3.05, 3.63) is 113 Å². The van der Waals surface area contributed by atoms with Crippen molar-refractivity contribution >= 4 is 17.5 Å². The number of nitrogens with one attached hydrogen (secondary N) is 1. The number of methoxy groups -OCH3 is 4. The molecular weight excluding hydrogens is 539 g/mol. The Morgan fingerprint density at radius 1 is 0.833 bits per heavy atom. The first-order chi connectivity index (χ1) is 20.4. The Labute approximate surface area is 243 Å². The molecule has 9 heteroatoms. The van der Waals surface area contributed by atoms with E-state index in [1.54, 1.807) is 66.6 Å². The molecule has 2 amide bonds. The van der Waals surface area contributed by atoms with Gasteiger partial charge in [0.2, 0.25) is 11.7 Å². The smallest absolute Gasteiger partial charge is 0.255 e. The number of carbonyl (C=O) groups excluding carboxylic acids is 2. The third kappa shape index (κ3) is 5.45. The molecule has 1 N–H and O–H groups in total. The van der Waals surface area contributed by atoms with Gasteiger partial charge in [-0.05, 0) is 47.0 Å². The first-order valence-corrected chi connectivity index (χ1v) is 13.3. The lowest BCUT2D eigenvalue weighted by molar-refractivity contribution is -0.119. The summed E-state index contributed by atoms with van der Waals surface area (Å²) in [5, 5.41) is 3.02. The maximum absolute atomic E-state index is 14.3. The molecule has 2 atom stereocenters. The summed E-state index contributed by atoms with van der Waals surface area (Å²) in [6.07, 6.45) is 0. The predicted octanol–water partition coefficient (Wildman–Crippen LogP) is 5.98. The molecule has 8 nitrogen and oxygen atoms in total. The molecule has 0 saturated carbocycles. The van der Waals surface area contributed by atoms with Gasteiger partial charge in [-0.1, -0.05) is 42.5 Å². The van der Waals surface area contributed by atoms with Gasteiger partial charge in [0.05, 0.1) is 40.4 Å². The zero-order valence-electron chi connectivity index (χ0n) is 23.7. The monoisotopic (exact) mass is 570 g/mol. The SMILES string of the molecule is COc1ccc([C@@H]2[C@@H](C(=O)Nc3cc(OC)c(OC)c(OC)c3)c3ccccc3C(=O)N2Cc2ccc(F)cc2)cc1. The van der Waals surface area contributed by atoms with Crippen LogP contribution in [0.3, 0.4) is 0 Å². The molecule has 0 fully saturated rings. The van der Waals surface area contributed by atoms with E-state index in [4.69, 9.17) is 18.9 Å². The van der Waals surface area contributed by atoms with E-state index in [1.165, 1.54) is 33.5 Å². The summed E-state index contributed by atoms with van der Waals surface area (Å²) < 4.78 is 35.4. The van der Waals surface area contributed by atoms with Gasteiger partial charge in [-0.25, -0.2) is 4.39 Å². The van der Waals surface area contributed by atoms with Crippen LogP contribution in [0.2, 0.25) is 0 Å². The second kappa shape index (κ2) is 12.2. The van der Waals surface area contributed by atoms with Gasteiger partial charge in [-0.2, -0.15) is 0 Å². The lowest BCUT2D eigenvalue weighted by Gasteiger charge is -2.42. The number of rotatable bonds is 9. The summed E-state index contributed by atoms with van der Waals surface area (Å²) in [5.41, 5.74) is 2.93. The van der Waals surface area contributed by atoms with Crippen molar-refractivity contribution in [2.24, 2.45) is 0 Å². The fourth-order valence-electron chi connectivity index (χ4n) is 5.38. The van der Waals surface area contributed by atoms with E-state index in [0.29, 0.717) is 39.8 Å². The molecule has 0 spiro atoms. The van der Waals surface area contributed by atoms with Crippen molar-refractivity contribution < 1.29 is 32.9 Å². The highest BCUT2D eigenvalue weighted by molar-refractivity contribution is 6.04. The number of hydrogen-bond donors (Lipinski definition) is 1. The summed E-state index contributed by atoms with van der Waals surface area (Å²) in [6, 6.07) is 23.0. The van der Waals surface area contributed by atoms with Gasteiger partial charge in [0, 0.05) is 29.9 Å². The first kappa shape index (κ1) is 28.5. The minimum absolute atomic E-state index is 0.165. The fraction of sp³-hybridized carbons (Fsp3) is 0.212. The summed E-state index contributed by atoms with van der Waals surface area (Å²) in [5.74, 6) is 0.0712. The molecule has 42 heavy (non-hydrogen) atoms. The topological polar surface area (TPSA) is 86.3 Å². The van der Waals surface area contributed by atoms with Crippen LogP contribution in [0.5, 0.6) is 23.0 Å². The van der Waals surface area contributed by atoms with E-state index in [1.807, 2.05) is 18.2 Å². The van der Waals surface area contributed by atoms with Crippen molar-refractivity contribution in [1.29, 1.82) is 0 Å². The number of hydrogen-bond acceptors (Lipinski definition) is 6. The molecule has 4 aromatic rings. The zero-order valence-corrected chi connectivity index (χ0v) is 23.7. The van der Waals surface area contributed by atoms with Gasteiger partial charge in [-0.3, -0.25) is 9.59 Å². The van der Waals surface area contributed by atoms with Crippen LogP contribution in [0.1, 0.15) is 39.0 Å². The Balaban J connectivity index is 1.63. The van der Waals surface area contributed by atoms with Gasteiger partial charge >= 0.3 is 0 Å². The lowest BCUT2D eigenvalue weighted by atomic mass is 9.79. The Kier molecular flexibility index (Phi) is 8.28. The maximum Gasteiger partial charge on any atom is 0.255 e. The molecule has 5 rings (SSSR count). The number of carbonyl (C=O) groups is 2. The summed E-state index contributed by atoms with van der Waals surface area (Å²) in [4.78, 5) is 30.0. The molecule has 4 aromatic carbocycles. The molecule has 0 saturated heterocycles. The Hall–Kier alpha value is -5.05. The first-order valence-electron chi connectivity index (χ1n) is 13.3. The van der Waals surface area contributed by atoms with Crippen LogP contribution in [0.4, 0.5) is 10.1 Å². The van der Waals surface area contributed by atoms with Crippen molar-refractivity contribution in [3.63, 3.8) is 0 Å². The molecule has 0 radical (unpaired) electrons. The van der Waals surface area contributed by atoms with Crippen LogP contribution < -0.4 is 24.3 Å². The van der Waals surface area contributed by atoms with Crippen LogP contribution in [-0.4, -0.2) is 45.2 Å². The summed E-state index contributed by atoms with van der Waals surface area (Å²) >= 11 is 0. The van der Waals surface area contributed by atoms with Crippen LogP contribution in [0.25, 0.3) is 0 Å². The highest BCUT2D eigenvalue weighted by Crippen LogP contribution is 2.45.